The summed E-state index contributed by atoms with van der Waals surface area (Å²) in [6.45, 7) is 0.666. The molecule has 18 heavy (non-hydrogen) atoms. The van der Waals surface area contributed by atoms with Crippen molar-refractivity contribution in [2.75, 3.05) is 5.32 Å². The Labute approximate surface area is 103 Å². The monoisotopic (exact) mass is 241 g/mol. The summed E-state index contributed by atoms with van der Waals surface area (Å²) in [5.41, 5.74) is 2.88. The Morgan fingerprint density at radius 2 is 2.22 bits per heavy atom. The van der Waals surface area contributed by atoms with Gasteiger partial charge in [-0.1, -0.05) is 12.1 Å². The highest BCUT2D eigenvalue weighted by atomic mass is 15.5. The molecule has 2 aromatic heterocycles. The molecule has 0 spiro atoms. The summed E-state index contributed by atoms with van der Waals surface area (Å²) >= 11 is 0. The maximum Gasteiger partial charge on any atom is 0.143 e. The van der Waals surface area contributed by atoms with Gasteiger partial charge in [0.25, 0.3) is 0 Å². The van der Waals surface area contributed by atoms with E-state index in [4.69, 9.17) is 0 Å². The van der Waals surface area contributed by atoms with Gasteiger partial charge in [0.05, 0.1) is 29.9 Å². The molecule has 0 amide bonds. The van der Waals surface area contributed by atoms with E-state index in [2.05, 4.69) is 30.8 Å². The number of H-pyrrole nitrogens is 1. The molecule has 7 heteroatoms. The highest BCUT2D eigenvalue weighted by molar-refractivity contribution is 5.60. The van der Waals surface area contributed by atoms with Gasteiger partial charge in [0, 0.05) is 6.20 Å². The number of anilines is 1. The Morgan fingerprint density at radius 1 is 1.28 bits per heavy atom. The minimum absolute atomic E-state index is 0.666. The maximum absolute atomic E-state index is 3.97. The van der Waals surface area contributed by atoms with Gasteiger partial charge in [-0.2, -0.15) is 4.68 Å². The number of para-hydroxylation sites is 2. The van der Waals surface area contributed by atoms with Gasteiger partial charge in [0.1, 0.15) is 6.33 Å². The highest BCUT2D eigenvalue weighted by Gasteiger charge is 2.04. The summed E-state index contributed by atoms with van der Waals surface area (Å²) in [5, 5.41) is 14.5. The van der Waals surface area contributed by atoms with Crippen molar-refractivity contribution in [1.82, 2.24) is 30.2 Å². The number of hydrogen-bond acceptors (Lipinski definition) is 5. The van der Waals surface area contributed by atoms with Gasteiger partial charge in [0.15, 0.2) is 0 Å². The lowest BCUT2D eigenvalue weighted by Crippen LogP contribution is -2.05. The van der Waals surface area contributed by atoms with Gasteiger partial charge in [-0.15, -0.1) is 5.10 Å². The van der Waals surface area contributed by atoms with Crippen LogP contribution in [0.25, 0.3) is 5.69 Å². The van der Waals surface area contributed by atoms with Crippen LogP contribution in [0.15, 0.2) is 43.1 Å². The fraction of sp³-hybridized carbons (Fsp3) is 0.0909. The fourth-order valence-electron chi connectivity index (χ4n) is 1.67. The second kappa shape index (κ2) is 4.66. The van der Waals surface area contributed by atoms with Crippen LogP contribution in [0, 0.1) is 0 Å². The molecule has 0 saturated carbocycles. The number of tetrazole rings is 1. The van der Waals surface area contributed by atoms with Gasteiger partial charge in [-0.05, 0) is 22.6 Å². The summed E-state index contributed by atoms with van der Waals surface area (Å²) in [6, 6.07) is 7.83. The van der Waals surface area contributed by atoms with Crippen molar-refractivity contribution in [2.45, 2.75) is 6.54 Å². The van der Waals surface area contributed by atoms with E-state index in [1.807, 2.05) is 24.3 Å². The van der Waals surface area contributed by atoms with Crippen LogP contribution in [0.2, 0.25) is 0 Å². The molecule has 0 radical (unpaired) electrons. The standard InChI is InChI=1S/C11H11N7/c1-2-4-11(18-8-15-16-17-18)10(3-1)13-6-9-5-12-7-14-9/h1-5,7-8,13H,6H2,(H,12,14). The minimum Gasteiger partial charge on any atom is -0.378 e. The SMILES string of the molecule is c1ccc(-n2cnnn2)c(NCc2cnc[nH]2)c1. The van der Waals surface area contributed by atoms with Gasteiger partial charge in [0.2, 0.25) is 0 Å². The molecule has 0 bridgehead atoms. The third kappa shape index (κ3) is 2.05. The zero-order valence-electron chi connectivity index (χ0n) is 9.48. The van der Waals surface area contributed by atoms with E-state index >= 15 is 0 Å². The molecule has 2 heterocycles. The summed E-state index contributed by atoms with van der Waals surface area (Å²) in [5.74, 6) is 0. The molecule has 0 fully saturated rings. The Balaban J connectivity index is 1.84. The molecular weight excluding hydrogens is 230 g/mol. The van der Waals surface area contributed by atoms with Crippen molar-refractivity contribution in [3.8, 4) is 5.69 Å². The van der Waals surface area contributed by atoms with E-state index < -0.39 is 0 Å². The molecule has 0 saturated heterocycles. The maximum atomic E-state index is 3.97. The molecule has 0 unspecified atom stereocenters. The van der Waals surface area contributed by atoms with E-state index in [9.17, 15) is 0 Å². The van der Waals surface area contributed by atoms with Crippen LogP contribution in [0.4, 0.5) is 5.69 Å². The van der Waals surface area contributed by atoms with Gasteiger partial charge < -0.3 is 10.3 Å². The lowest BCUT2D eigenvalue weighted by molar-refractivity contribution is 0.789. The summed E-state index contributed by atoms with van der Waals surface area (Å²) in [6.07, 6.45) is 5.01. The zero-order chi connectivity index (χ0) is 12.2. The topological polar surface area (TPSA) is 84.3 Å². The van der Waals surface area contributed by atoms with Crippen molar-refractivity contribution in [2.24, 2.45) is 0 Å². The first-order valence-electron chi connectivity index (χ1n) is 5.47. The predicted molar refractivity (Wildman–Crippen MR) is 65.1 cm³/mol. The van der Waals surface area contributed by atoms with Crippen LogP contribution in [0.3, 0.4) is 0 Å². The number of nitrogens with zero attached hydrogens (tertiary/aromatic N) is 5. The van der Waals surface area contributed by atoms with E-state index in [1.54, 1.807) is 23.5 Å². The number of aromatic amines is 1. The average Bonchev–Trinajstić information content (AvgIpc) is 3.10. The molecule has 0 aliphatic heterocycles. The zero-order valence-corrected chi connectivity index (χ0v) is 9.48. The lowest BCUT2D eigenvalue weighted by Gasteiger charge is -2.09. The Bertz CT molecular complexity index is 600. The Hall–Kier alpha value is -2.70. The molecule has 0 atom stereocenters. The van der Waals surface area contributed by atoms with Gasteiger partial charge in [-0.25, -0.2) is 4.98 Å². The van der Waals surface area contributed by atoms with Crippen molar-refractivity contribution in [1.29, 1.82) is 0 Å². The minimum atomic E-state index is 0.666. The lowest BCUT2D eigenvalue weighted by atomic mass is 10.2. The fourth-order valence-corrected chi connectivity index (χ4v) is 1.67. The van der Waals surface area contributed by atoms with E-state index in [1.165, 1.54) is 0 Å². The number of imidazole rings is 1. The molecule has 7 nitrogen and oxygen atoms in total. The van der Waals surface area contributed by atoms with Gasteiger partial charge in [-0.3, -0.25) is 0 Å². The highest BCUT2D eigenvalue weighted by Crippen LogP contribution is 2.18. The van der Waals surface area contributed by atoms with Gasteiger partial charge >= 0.3 is 0 Å². The number of nitrogens with one attached hydrogen (secondary N) is 2. The van der Waals surface area contributed by atoms with Crippen LogP contribution < -0.4 is 5.32 Å². The molecule has 1 aromatic carbocycles. The average molecular weight is 241 g/mol. The smallest absolute Gasteiger partial charge is 0.143 e. The molecule has 3 aromatic rings. The normalized spacial score (nSPS) is 10.4. The Kier molecular flexibility index (Phi) is 2.71. The van der Waals surface area contributed by atoms with Crippen LogP contribution >= 0.6 is 0 Å². The number of benzene rings is 1. The number of aromatic nitrogens is 6. The van der Waals surface area contributed by atoms with Crippen molar-refractivity contribution in [3.05, 3.63) is 48.8 Å². The number of rotatable bonds is 4. The molecule has 0 aliphatic carbocycles. The van der Waals surface area contributed by atoms with Crippen molar-refractivity contribution >= 4 is 5.69 Å². The van der Waals surface area contributed by atoms with Crippen LogP contribution in [-0.4, -0.2) is 30.2 Å². The summed E-state index contributed by atoms with van der Waals surface area (Å²) < 4.78 is 1.62. The first kappa shape index (κ1) is 10.5. The second-order valence-electron chi connectivity index (χ2n) is 3.70. The van der Waals surface area contributed by atoms with Crippen molar-refractivity contribution < 1.29 is 0 Å². The van der Waals surface area contributed by atoms with Crippen LogP contribution in [0.5, 0.6) is 0 Å². The molecule has 2 N–H and O–H groups in total. The largest absolute Gasteiger partial charge is 0.378 e. The number of hydrogen-bond donors (Lipinski definition) is 2. The summed E-state index contributed by atoms with van der Waals surface area (Å²) in [4.78, 5) is 7.01. The predicted octanol–water partition coefficient (Wildman–Crippen LogP) is 0.997. The molecule has 3 rings (SSSR count). The van der Waals surface area contributed by atoms with Crippen LogP contribution in [-0.2, 0) is 6.54 Å². The third-order valence-electron chi connectivity index (χ3n) is 2.52. The second-order valence-corrected chi connectivity index (χ2v) is 3.70. The first-order chi connectivity index (χ1) is 8.93. The first-order valence-corrected chi connectivity index (χ1v) is 5.47. The summed E-state index contributed by atoms with van der Waals surface area (Å²) in [7, 11) is 0. The van der Waals surface area contributed by atoms with Crippen LogP contribution in [0.1, 0.15) is 5.69 Å². The van der Waals surface area contributed by atoms with E-state index in [0.29, 0.717) is 6.54 Å². The molecule has 90 valence electrons. The molecular formula is C11H11N7. The quantitative estimate of drug-likeness (QED) is 0.711. The Morgan fingerprint density at radius 3 is 3.00 bits per heavy atom. The van der Waals surface area contributed by atoms with E-state index in [0.717, 1.165) is 17.1 Å². The van der Waals surface area contributed by atoms with Crippen molar-refractivity contribution in [3.63, 3.8) is 0 Å². The molecule has 0 aliphatic rings. The third-order valence-corrected chi connectivity index (χ3v) is 2.52. The van der Waals surface area contributed by atoms with E-state index in [-0.39, 0.29) is 0 Å².